The number of nitrogens with zero attached hydrogens (tertiary/aromatic N) is 2. The molecule has 1 aromatic heterocycles. The summed E-state index contributed by atoms with van der Waals surface area (Å²) in [7, 11) is 0. The van der Waals surface area contributed by atoms with Gasteiger partial charge in [-0.25, -0.2) is 0 Å². The van der Waals surface area contributed by atoms with E-state index in [-0.39, 0.29) is 5.91 Å². The number of aromatic nitrogens is 1. The van der Waals surface area contributed by atoms with Gasteiger partial charge in [-0.3, -0.25) is 15.2 Å². The van der Waals surface area contributed by atoms with Gasteiger partial charge in [-0.1, -0.05) is 31.2 Å². The molecule has 1 aliphatic rings. The molecular formula is C26H28N4O. The molecule has 158 valence electrons. The highest BCUT2D eigenvalue weighted by atomic mass is 16.1. The highest BCUT2D eigenvalue weighted by Crippen LogP contribution is 2.26. The fourth-order valence-electron chi connectivity index (χ4n) is 4.01. The summed E-state index contributed by atoms with van der Waals surface area (Å²) in [6.07, 6.45) is 6.19. The molecule has 3 aromatic rings. The first kappa shape index (κ1) is 20.8. The summed E-state index contributed by atoms with van der Waals surface area (Å²) in [5.41, 5.74) is 5.30. The SMILES string of the molecule is CCc1ccc(NC(=O)c2ccc(C(=N)N3CCCCC3)cc2)cc1-c1ccccn1. The van der Waals surface area contributed by atoms with Crippen LogP contribution in [-0.4, -0.2) is 34.7 Å². The minimum Gasteiger partial charge on any atom is -0.357 e. The largest absolute Gasteiger partial charge is 0.357 e. The Morgan fingerprint density at radius 3 is 2.42 bits per heavy atom. The molecule has 5 nitrogen and oxygen atoms in total. The van der Waals surface area contributed by atoms with Crippen LogP contribution in [0.3, 0.4) is 0 Å². The number of nitrogens with one attached hydrogen (secondary N) is 2. The van der Waals surface area contributed by atoms with Crippen molar-refractivity contribution in [2.45, 2.75) is 32.6 Å². The molecule has 1 aliphatic heterocycles. The molecule has 31 heavy (non-hydrogen) atoms. The van der Waals surface area contributed by atoms with Crippen LogP contribution in [0.4, 0.5) is 5.69 Å². The van der Waals surface area contributed by atoms with Gasteiger partial charge in [-0.15, -0.1) is 0 Å². The summed E-state index contributed by atoms with van der Waals surface area (Å²) in [5, 5.41) is 11.4. The van der Waals surface area contributed by atoms with E-state index in [1.165, 1.54) is 12.0 Å². The highest BCUT2D eigenvalue weighted by molar-refractivity contribution is 6.05. The number of pyridine rings is 1. The van der Waals surface area contributed by atoms with Crippen molar-refractivity contribution < 1.29 is 4.79 Å². The molecule has 4 rings (SSSR count). The Bertz CT molecular complexity index is 1050. The van der Waals surface area contributed by atoms with Gasteiger partial charge in [0, 0.05) is 41.7 Å². The van der Waals surface area contributed by atoms with Gasteiger partial charge in [0.2, 0.25) is 0 Å². The molecule has 1 saturated heterocycles. The number of amides is 1. The number of carbonyl (C=O) groups is 1. The zero-order valence-corrected chi connectivity index (χ0v) is 17.9. The van der Waals surface area contributed by atoms with E-state index in [0.29, 0.717) is 11.4 Å². The molecular weight excluding hydrogens is 384 g/mol. The molecule has 5 heteroatoms. The van der Waals surface area contributed by atoms with Crippen LogP contribution in [-0.2, 0) is 6.42 Å². The van der Waals surface area contributed by atoms with E-state index in [4.69, 9.17) is 5.41 Å². The van der Waals surface area contributed by atoms with E-state index in [2.05, 4.69) is 22.1 Å². The van der Waals surface area contributed by atoms with Crippen LogP contribution in [0.5, 0.6) is 0 Å². The number of anilines is 1. The van der Waals surface area contributed by atoms with Crippen molar-refractivity contribution in [1.29, 1.82) is 5.41 Å². The van der Waals surface area contributed by atoms with E-state index in [9.17, 15) is 4.79 Å². The molecule has 0 atom stereocenters. The molecule has 2 heterocycles. The Hall–Kier alpha value is -3.47. The van der Waals surface area contributed by atoms with Gasteiger partial charge in [0.1, 0.15) is 5.84 Å². The lowest BCUT2D eigenvalue weighted by atomic mass is 10.0. The quantitative estimate of drug-likeness (QED) is 0.437. The second-order valence-corrected chi connectivity index (χ2v) is 7.87. The maximum absolute atomic E-state index is 12.8. The van der Waals surface area contributed by atoms with Gasteiger partial charge in [-0.2, -0.15) is 0 Å². The third kappa shape index (κ3) is 4.82. The van der Waals surface area contributed by atoms with Gasteiger partial charge in [0.25, 0.3) is 5.91 Å². The lowest BCUT2D eigenvalue weighted by Crippen LogP contribution is -2.35. The van der Waals surface area contributed by atoms with Gasteiger partial charge >= 0.3 is 0 Å². The number of hydrogen-bond acceptors (Lipinski definition) is 3. The van der Waals surface area contributed by atoms with Crippen molar-refractivity contribution in [3.8, 4) is 11.3 Å². The van der Waals surface area contributed by atoms with Crippen LogP contribution >= 0.6 is 0 Å². The Balaban J connectivity index is 1.49. The number of rotatable bonds is 5. The van der Waals surface area contributed by atoms with Crippen LogP contribution in [0.1, 0.15) is 47.7 Å². The van der Waals surface area contributed by atoms with Crippen molar-refractivity contribution in [2.24, 2.45) is 0 Å². The molecule has 1 amide bonds. The summed E-state index contributed by atoms with van der Waals surface area (Å²) in [4.78, 5) is 19.4. The van der Waals surface area contributed by atoms with Crippen molar-refractivity contribution >= 4 is 17.4 Å². The Morgan fingerprint density at radius 1 is 1.00 bits per heavy atom. The maximum Gasteiger partial charge on any atom is 0.255 e. The number of piperidine rings is 1. The Kier molecular flexibility index (Phi) is 6.41. The summed E-state index contributed by atoms with van der Waals surface area (Å²) in [6.45, 7) is 3.99. The lowest BCUT2D eigenvalue weighted by Gasteiger charge is -2.29. The standard InChI is InChI=1S/C26H28N4O/c1-2-19-13-14-22(18-23(19)24-8-4-5-15-28-24)29-26(31)21-11-9-20(10-12-21)25(27)30-16-6-3-7-17-30/h4-5,8-15,18,27H,2-3,6-7,16-17H2,1H3,(H,29,31). The van der Waals surface area contributed by atoms with Gasteiger partial charge in [-0.05, 0) is 67.6 Å². The summed E-state index contributed by atoms with van der Waals surface area (Å²) < 4.78 is 0. The smallest absolute Gasteiger partial charge is 0.255 e. The lowest BCUT2D eigenvalue weighted by molar-refractivity contribution is 0.102. The molecule has 2 N–H and O–H groups in total. The first-order valence-electron chi connectivity index (χ1n) is 11.0. The number of amidine groups is 1. The minimum absolute atomic E-state index is 0.160. The molecule has 0 radical (unpaired) electrons. The van der Waals surface area contributed by atoms with Crippen LogP contribution in [0.25, 0.3) is 11.3 Å². The number of aryl methyl sites for hydroxylation is 1. The number of hydrogen-bond donors (Lipinski definition) is 2. The third-order valence-electron chi connectivity index (χ3n) is 5.78. The Labute approximate surface area is 183 Å². The molecule has 0 bridgehead atoms. The molecule has 0 aliphatic carbocycles. The Morgan fingerprint density at radius 2 is 1.74 bits per heavy atom. The van der Waals surface area contributed by atoms with E-state index in [1.807, 2.05) is 48.5 Å². The fraction of sp³-hybridized carbons (Fsp3) is 0.269. The maximum atomic E-state index is 12.8. The van der Waals surface area contributed by atoms with Crippen LogP contribution in [0.2, 0.25) is 0 Å². The van der Waals surface area contributed by atoms with E-state index in [1.54, 1.807) is 18.3 Å². The summed E-state index contributed by atoms with van der Waals surface area (Å²) in [6, 6.07) is 19.1. The second kappa shape index (κ2) is 9.56. The zero-order chi connectivity index (χ0) is 21.6. The molecule has 0 unspecified atom stereocenters. The van der Waals surface area contributed by atoms with Crippen LogP contribution in [0, 0.1) is 5.41 Å². The topological polar surface area (TPSA) is 69.1 Å². The third-order valence-corrected chi connectivity index (χ3v) is 5.78. The van der Waals surface area contributed by atoms with Crippen LogP contribution in [0.15, 0.2) is 66.9 Å². The molecule has 0 spiro atoms. The zero-order valence-electron chi connectivity index (χ0n) is 17.9. The summed E-state index contributed by atoms with van der Waals surface area (Å²) in [5.74, 6) is 0.383. The number of carbonyl (C=O) groups excluding carboxylic acids is 1. The summed E-state index contributed by atoms with van der Waals surface area (Å²) >= 11 is 0. The van der Waals surface area contributed by atoms with Gasteiger partial charge < -0.3 is 10.2 Å². The van der Waals surface area contributed by atoms with E-state index >= 15 is 0 Å². The van der Waals surface area contributed by atoms with Gasteiger partial charge in [0.15, 0.2) is 0 Å². The van der Waals surface area contributed by atoms with Crippen molar-refractivity contribution in [1.82, 2.24) is 9.88 Å². The van der Waals surface area contributed by atoms with E-state index in [0.717, 1.165) is 54.9 Å². The van der Waals surface area contributed by atoms with E-state index < -0.39 is 0 Å². The van der Waals surface area contributed by atoms with Crippen molar-refractivity contribution in [2.75, 3.05) is 18.4 Å². The van der Waals surface area contributed by atoms with Crippen LogP contribution < -0.4 is 5.32 Å². The average Bonchev–Trinajstić information content (AvgIpc) is 2.84. The first-order chi connectivity index (χ1) is 15.2. The molecule has 0 saturated carbocycles. The number of benzene rings is 2. The molecule has 1 fully saturated rings. The highest BCUT2D eigenvalue weighted by Gasteiger charge is 2.16. The fourth-order valence-corrected chi connectivity index (χ4v) is 4.01. The molecule has 2 aromatic carbocycles. The predicted molar refractivity (Wildman–Crippen MR) is 126 cm³/mol. The minimum atomic E-state index is -0.160. The van der Waals surface area contributed by atoms with Crippen molar-refractivity contribution in [3.05, 3.63) is 83.6 Å². The average molecular weight is 413 g/mol. The first-order valence-corrected chi connectivity index (χ1v) is 11.0. The number of likely N-dealkylation sites (tertiary alicyclic amines) is 1. The monoisotopic (exact) mass is 412 g/mol. The van der Waals surface area contributed by atoms with Crippen molar-refractivity contribution in [3.63, 3.8) is 0 Å². The second-order valence-electron chi connectivity index (χ2n) is 7.87. The normalized spacial score (nSPS) is 13.6. The van der Waals surface area contributed by atoms with Gasteiger partial charge in [0.05, 0.1) is 5.69 Å². The predicted octanol–water partition coefficient (Wildman–Crippen LogP) is 5.37.